The highest BCUT2D eigenvalue weighted by molar-refractivity contribution is 7.99. The summed E-state index contributed by atoms with van der Waals surface area (Å²) in [6.07, 6.45) is 2.53. The van der Waals surface area contributed by atoms with Gasteiger partial charge in [-0.2, -0.15) is 5.26 Å². The van der Waals surface area contributed by atoms with Crippen LogP contribution >= 0.6 is 11.8 Å². The molecule has 5 nitrogen and oxygen atoms in total. The average molecular weight is 261 g/mol. The summed E-state index contributed by atoms with van der Waals surface area (Å²) in [5.74, 6) is 0. The molecule has 2 aromatic heterocycles. The lowest BCUT2D eigenvalue weighted by Gasteiger charge is -2.19. The van der Waals surface area contributed by atoms with Crippen LogP contribution in [-0.2, 0) is 0 Å². The Kier molecular flexibility index (Phi) is 3.55. The largest absolute Gasteiger partial charge is 0.314 e. The summed E-state index contributed by atoms with van der Waals surface area (Å²) >= 11 is 1.58. The van der Waals surface area contributed by atoms with E-state index < -0.39 is 5.54 Å². The summed E-state index contributed by atoms with van der Waals surface area (Å²) in [4.78, 5) is 0. The quantitative estimate of drug-likeness (QED) is 0.849. The zero-order valence-corrected chi connectivity index (χ0v) is 11.2. The van der Waals surface area contributed by atoms with Gasteiger partial charge in [0.05, 0.1) is 6.07 Å². The van der Waals surface area contributed by atoms with E-state index in [-0.39, 0.29) is 5.25 Å². The van der Waals surface area contributed by atoms with Crippen molar-refractivity contribution in [1.82, 2.24) is 14.6 Å². The van der Waals surface area contributed by atoms with Crippen LogP contribution in [0.25, 0.3) is 5.65 Å². The highest BCUT2D eigenvalue weighted by Crippen LogP contribution is 2.26. The Balaban J connectivity index is 2.13. The number of aromatic nitrogens is 3. The normalized spacial score (nSPS) is 16.1. The van der Waals surface area contributed by atoms with Crippen LogP contribution in [0.3, 0.4) is 0 Å². The number of rotatable bonds is 4. The highest BCUT2D eigenvalue weighted by atomic mass is 32.2. The first kappa shape index (κ1) is 12.9. The van der Waals surface area contributed by atoms with Crippen molar-refractivity contribution in [2.45, 2.75) is 36.2 Å². The van der Waals surface area contributed by atoms with Gasteiger partial charge in [0.1, 0.15) is 5.54 Å². The number of nitriles is 1. The predicted octanol–water partition coefficient (Wildman–Crippen LogP) is 1.84. The molecule has 0 saturated carbocycles. The maximum Gasteiger partial charge on any atom is 0.195 e. The molecular weight excluding hydrogens is 246 g/mol. The number of hydrogen-bond acceptors (Lipinski definition) is 5. The molecule has 18 heavy (non-hydrogen) atoms. The molecule has 2 N–H and O–H groups in total. The molecule has 2 heterocycles. The molecule has 0 spiro atoms. The minimum Gasteiger partial charge on any atom is -0.314 e. The van der Waals surface area contributed by atoms with Crippen molar-refractivity contribution in [2.24, 2.45) is 5.73 Å². The SMILES string of the molecule is CC(CC(C)(N)C#N)Sc1nnc2ccccn12. The highest BCUT2D eigenvalue weighted by Gasteiger charge is 2.22. The third-order valence-electron chi connectivity index (χ3n) is 2.56. The second-order valence-corrected chi connectivity index (χ2v) is 5.98. The van der Waals surface area contributed by atoms with Crippen molar-refractivity contribution in [2.75, 3.05) is 0 Å². The van der Waals surface area contributed by atoms with E-state index >= 15 is 0 Å². The topological polar surface area (TPSA) is 80.0 Å². The molecule has 2 rings (SSSR count). The third kappa shape index (κ3) is 2.81. The predicted molar refractivity (Wildman–Crippen MR) is 71.1 cm³/mol. The van der Waals surface area contributed by atoms with Crippen molar-refractivity contribution < 1.29 is 0 Å². The average Bonchev–Trinajstić information content (AvgIpc) is 2.72. The molecule has 2 atom stereocenters. The van der Waals surface area contributed by atoms with Gasteiger partial charge in [0.2, 0.25) is 0 Å². The summed E-state index contributed by atoms with van der Waals surface area (Å²) in [5, 5.41) is 18.2. The van der Waals surface area contributed by atoms with E-state index in [2.05, 4.69) is 16.3 Å². The van der Waals surface area contributed by atoms with Crippen LogP contribution in [-0.4, -0.2) is 25.4 Å². The minimum absolute atomic E-state index is 0.201. The molecule has 2 aromatic rings. The standard InChI is InChI=1S/C12H15N5S/c1-9(7-12(2,14)8-13)18-11-16-15-10-5-3-4-6-17(10)11/h3-6,9H,7,14H2,1-2H3. The molecule has 0 aliphatic carbocycles. The lowest BCUT2D eigenvalue weighted by molar-refractivity contribution is 0.544. The van der Waals surface area contributed by atoms with Crippen LogP contribution < -0.4 is 5.73 Å². The van der Waals surface area contributed by atoms with Crippen LogP contribution in [0.15, 0.2) is 29.6 Å². The van der Waals surface area contributed by atoms with Gasteiger partial charge in [0.25, 0.3) is 0 Å². The molecule has 0 amide bonds. The van der Waals surface area contributed by atoms with Crippen molar-refractivity contribution in [3.05, 3.63) is 24.4 Å². The number of hydrogen-bond donors (Lipinski definition) is 1. The maximum atomic E-state index is 8.92. The van der Waals surface area contributed by atoms with Crippen LogP contribution in [0, 0.1) is 11.3 Å². The van der Waals surface area contributed by atoms with Gasteiger partial charge in [-0.15, -0.1) is 10.2 Å². The van der Waals surface area contributed by atoms with Gasteiger partial charge >= 0.3 is 0 Å². The Labute approximate surface area is 110 Å². The fourth-order valence-electron chi connectivity index (χ4n) is 1.76. The second-order valence-electron chi connectivity index (χ2n) is 4.57. The van der Waals surface area contributed by atoms with Crippen LogP contribution in [0.1, 0.15) is 20.3 Å². The van der Waals surface area contributed by atoms with Gasteiger partial charge in [-0.25, -0.2) is 0 Å². The molecule has 0 bridgehead atoms. The van der Waals surface area contributed by atoms with E-state index in [9.17, 15) is 0 Å². The van der Waals surface area contributed by atoms with Crippen molar-refractivity contribution >= 4 is 17.4 Å². The zero-order valence-electron chi connectivity index (χ0n) is 10.4. The number of fused-ring (bicyclic) bond motifs is 1. The van der Waals surface area contributed by atoms with Crippen molar-refractivity contribution in [1.29, 1.82) is 5.26 Å². The second kappa shape index (κ2) is 4.96. The van der Waals surface area contributed by atoms with E-state index in [1.54, 1.807) is 18.7 Å². The number of thioether (sulfide) groups is 1. The molecule has 0 aliphatic rings. The van der Waals surface area contributed by atoms with Gasteiger partial charge in [0, 0.05) is 11.4 Å². The summed E-state index contributed by atoms with van der Waals surface area (Å²) in [6.45, 7) is 3.78. The molecule has 0 aliphatic heterocycles. The molecule has 0 aromatic carbocycles. The van der Waals surface area contributed by atoms with Crippen molar-refractivity contribution in [3.63, 3.8) is 0 Å². The fraction of sp³-hybridized carbons (Fsp3) is 0.417. The van der Waals surface area contributed by atoms with Gasteiger partial charge in [-0.05, 0) is 25.5 Å². The lowest BCUT2D eigenvalue weighted by atomic mass is 10.00. The molecule has 2 unspecified atom stereocenters. The first-order valence-electron chi connectivity index (χ1n) is 5.68. The Morgan fingerprint density at radius 1 is 1.56 bits per heavy atom. The van der Waals surface area contributed by atoms with E-state index in [1.807, 2.05) is 35.7 Å². The first-order chi connectivity index (χ1) is 8.52. The summed E-state index contributed by atoms with van der Waals surface area (Å²) in [5.41, 5.74) is 5.86. The number of nitrogens with zero attached hydrogens (tertiary/aromatic N) is 4. The fourth-order valence-corrected chi connectivity index (χ4v) is 2.91. The van der Waals surface area contributed by atoms with E-state index in [4.69, 9.17) is 11.0 Å². The van der Waals surface area contributed by atoms with Crippen molar-refractivity contribution in [3.8, 4) is 6.07 Å². The Morgan fingerprint density at radius 2 is 2.33 bits per heavy atom. The minimum atomic E-state index is -0.799. The van der Waals surface area contributed by atoms with E-state index in [0.717, 1.165) is 10.8 Å². The Morgan fingerprint density at radius 3 is 3.06 bits per heavy atom. The molecular formula is C12H15N5S. The number of pyridine rings is 1. The van der Waals surface area contributed by atoms with Gasteiger partial charge in [-0.1, -0.05) is 24.8 Å². The molecule has 0 radical (unpaired) electrons. The van der Waals surface area contributed by atoms with Crippen LogP contribution in [0.2, 0.25) is 0 Å². The van der Waals surface area contributed by atoms with E-state index in [1.165, 1.54) is 0 Å². The smallest absolute Gasteiger partial charge is 0.195 e. The third-order valence-corrected chi connectivity index (χ3v) is 3.61. The molecule has 0 saturated heterocycles. The molecule has 6 heteroatoms. The Bertz CT molecular complexity index is 583. The maximum absolute atomic E-state index is 8.92. The van der Waals surface area contributed by atoms with Gasteiger partial charge in [0.15, 0.2) is 10.8 Å². The lowest BCUT2D eigenvalue weighted by Crippen LogP contribution is -2.36. The van der Waals surface area contributed by atoms with Crippen LogP contribution in [0.4, 0.5) is 0 Å². The van der Waals surface area contributed by atoms with Crippen LogP contribution in [0.5, 0.6) is 0 Å². The zero-order chi connectivity index (χ0) is 13.2. The Hall–Kier alpha value is -1.58. The summed E-state index contributed by atoms with van der Waals surface area (Å²) in [6, 6.07) is 7.88. The monoisotopic (exact) mass is 261 g/mol. The van der Waals surface area contributed by atoms with E-state index in [0.29, 0.717) is 6.42 Å². The van der Waals surface area contributed by atoms with Gasteiger partial charge in [-0.3, -0.25) is 4.40 Å². The van der Waals surface area contributed by atoms with Gasteiger partial charge < -0.3 is 5.73 Å². The number of nitrogens with two attached hydrogens (primary N) is 1. The molecule has 94 valence electrons. The summed E-state index contributed by atoms with van der Waals surface area (Å²) < 4.78 is 1.93. The summed E-state index contributed by atoms with van der Waals surface area (Å²) in [7, 11) is 0. The first-order valence-corrected chi connectivity index (χ1v) is 6.56. The molecule has 0 fully saturated rings.